The number of thiocarbonyl (C=S) groups is 1. The van der Waals surface area contributed by atoms with Crippen LogP contribution < -0.4 is 0 Å². The fourth-order valence-corrected chi connectivity index (χ4v) is 3.48. The van der Waals surface area contributed by atoms with Crippen molar-refractivity contribution in [2.45, 2.75) is 39.0 Å². The molecule has 0 radical (unpaired) electrons. The highest BCUT2D eigenvalue weighted by Gasteiger charge is 2.31. The van der Waals surface area contributed by atoms with Crippen LogP contribution in [0.25, 0.3) is 6.08 Å². The van der Waals surface area contributed by atoms with E-state index in [0.717, 1.165) is 19.3 Å². The normalized spacial score (nSPS) is 16.2. The van der Waals surface area contributed by atoms with Gasteiger partial charge < -0.3 is 9.15 Å². The van der Waals surface area contributed by atoms with Crippen LogP contribution in [-0.4, -0.2) is 34.2 Å². The Hall–Kier alpha value is -1.60. The molecule has 24 heavy (non-hydrogen) atoms. The van der Waals surface area contributed by atoms with Gasteiger partial charge in [-0.15, -0.1) is 0 Å². The highest BCUT2D eigenvalue weighted by Crippen LogP contribution is 2.32. The van der Waals surface area contributed by atoms with Gasteiger partial charge in [0.2, 0.25) is 0 Å². The quantitative estimate of drug-likeness (QED) is 0.285. The van der Waals surface area contributed by atoms with E-state index in [0.29, 0.717) is 41.0 Å². The summed E-state index contributed by atoms with van der Waals surface area (Å²) in [5, 5.41) is 0. The number of hydrogen-bond donors (Lipinski definition) is 0. The Labute approximate surface area is 151 Å². The van der Waals surface area contributed by atoms with Crippen LogP contribution in [-0.2, 0) is 14.3 Å². The van der Waals surface area contributed by atoms with Crippen molar-refractivity contribution in [1.29, 1.82) is 0 Å². The van der Waals surface area contributed by atoms with E-state index >= 15 is 0 Å². The first-order valence-corrected chi connectivity index (χ1v) is 9.28. The lowest BCUT2D eigenvalue weighted by atomic mass is 10.2. The average Bonchev–Trinajstić information content (AvgIpc) is 3.15. The number of unbranched alkanes of at least 4 members (excludes halogenated alkanes) is 2. The summed E-state index contributed by atoms with van der Waals surface area (Å²) in [4.78, 5) is 26.1. The topological polar surface area (TPSA) is 59.8 Å². The van der Waals surface area contributed by atoms with Crippen LogP contribution in [0.3, 0.4) is 0 Å². The van der Waals surface area contributed by atoms with Crippen LogP contribution in [0.1, 0.15) is 44.8 Å². The van der Waals surface area contributed by atoms with Gasteiger partial charge in [-0.3, -0.25) is 14.5 Å². The molecule has 1 aliphatic rings. The van der Waals surface area contributed by atoms with Crippen LogP contribution in [0.5, 0.6) is 0 Å². The van der Waals surface area contributed by atoms with E-state index in [1.807, 2.05) is 0 Å². The molecule has 0 unspecified atom stereocenters. The number of carbonyl (C=O) groups excluding carboxylic acids is 2. The van der Waals surface area contributed by atoms with Crippen molar-refractivity contribution in [2.24, 2.45) is 0 Å². The summed E-state index contributed by atoms with van der Waals surface area (Å²) in [5.74, 6) is 0.256. The summed E-state index contributed by atoms with van der Waals surface area (Å²) in [6.07, 6.45) is 7.12. The van der Waals surface area contributed by atoms with E-state index in [2.05, 4.69) is 6.92 Å². The molecule has 2 rings (SSSR count). The Morgan fingerprint density at radius 1 is 1.42 bits per heavy atom. The molecule has 1 amide bonds. The SMILES string of the molecule is CCCCCOC(=O)CCCN1C(=O)/C(=C/c2ccco2)SC1=S. The van der Waals surface area contributed by atoms with Crippen molar-refractivity contribution in [3.8, 4) is 0 Å². The van der Waals surface area contributed by atoms with Crippen molar-refractivity contribution >= 4 is 46.3 Å². The van der Waals surface area contributed by atoms with E-state index in [1.54, 1.807) is 24.5 Å². The molecule has 1 saturated heterocycles. The van der Waals surface area contributed by atoms with Gasteiger partial charge in [-0.05, 0) is 25.0 Å². The first kappa shape index (κ1) is 18.7. The number of hydrogen-bond acceptors (Lipinski definition) is 6. The third-order valence-corrected chi connectivity index (χ3v) is 4.84. The predicted octanol–water partition coefficient (Wildman–Crippen LogP) is 3.99. The highest BCUT2D eigenvalue weighted by molar-refractivity contribution is 8.26. The lowest BCUT2D eigenvalue weighted by Gasteiger charge is -2.13. The minimum absolute atomic E-state index is 0.141. The molecule has 0 atom stereocenters. The van der Waals surface area contributed by atoms with E-state index in [9.17, 15) is 9.59 Å². The van der Waals surface area contributed by atoms with E-state index < -0.39 is 0 Å². The highest BCUT2D eigenvalue weighted by atomic mass is 32.2. The average molecular weight is 367 g/mol. The van der Waals surface area contributed by atoms with E-state index in [1.165, 1.54) is 16.7 Å². The Balaban J connectivity index is 1.76. The molecule has 0 bridgehead atoms. The summed E-state index contributed by atoms with van der Waals surface area (Å²) < 4.78 is 10.9. The van der Waals surface area contributed by atoms with Crippen molar-refractivity contribution in [3.05, 3.63) is 29.1 Å². The maximum Gasteiger partial charge on any atom is 0.305 e. The zero-order valence-corrected chi connectivity index (χ0v) is 15.3. The third kappa shape index (κ3) is 5.49. The molecule has 0 aromatic carbocycles. The minimum Gasteiger partial charge on any atom is -0.466 e. The first-order valence-electron chi connectivity index (χ1n) is 8.06. The Morgan fingerprint density at radius 3 is 2.96 bits per heavy atom. The van der Waals surface area contributed by atoms with Crippen LogP contribution in [0.4, 0.5) is 0 Å². The summed E-state index contributed by atoms with van der Waals surface area (Å²) in [6.45, 7) is 2.99. The van der Waals surface area contributed by atoms with Crippen molar-refractivity contribution in [3.63, 3.8) is 0 Å². The van der Waals surface area contributed by atoms with Gasteiger partial charge in [0, 0.05) is 19.0 Å². The first-order chi connectivity index (χ1) is 11.6. The molecule has 1 aliphatic heterocycles. The molecule has 130 valence electrons. The number of furan rings is 1. The van der Waals surface area contributed by atoms with Crippen LogP contribution in [0.2, 0.25) is 0 Å². The van der Waals surface area contributed by atoms with Crippen molar-refractivity contribution in [1.82, 2.24) is 4.90 Å². The monoisotopic (exact) mass is 367 g/mol. The summed E-state index contributed by atoms with van der Waals surface area (Å²) in [5.41, 5.74) is 0. The number of thioether (sulfide) groups is 1. The van der Waals surface area contributed by atoms with E-state index in [-0.39, 0.29) is 11.9 Å². The fourth-order valence-electron chi connectivity index (χ4n) is 2.19. The van der Waals surface area contributed by atoms with Gasteiger partial charge in [-0.2, -0.15) is 0 Å². The third-order valence-electron chi connectivity index (χ3n) is 3.46. The summed E-state index contributed by atoms with van der Waals surface area (Å²) in [6, 6.07) is 3.54. The van der Waals surface area contributed by atoms with Gasteiger partial charge in [0.15, 0.2) is 0 Å². The second-order valence-electron chi connectivity index (χ2n) is 5.38. The largest absolute Gasteiger partial charge is 0.466 e. The zero-order valence-electron chi connectivity index (χ0n) is 13.7. The molecular weight excluding hydrogens is 346 g/mol. The summed E-state index contributed by atoms with van der Waals surface area (Å²) in [7, 11) is 0. The lowest BCUT2D eigenvalue weighted by molar-refractivity contribution is -0.144. The number of esters is 1. The standard InChI is InChI=1S/C17H21NO4S2/c1-2-3-4-10-22-15(19)8-5-9-18-16(20)14(24-17(18)23)12-13-7-6-11-21-13/h6-7,11-12H,2-5,8-10H2,1H3/b14-12-. The molecule has 1 aromatic heterocycles. The van der Waals surface area contributed by atoms with Gasteiger partial charge >= 0.3 is 5.97 Å². The van der Waals surface area contributed by atoms with Gasteiger partial charge in [0.05, 0.1) is 17.8 Å². The molecule has 7 heteroatoms. The number of rotatable bonds is 9. The van der Waals surface area contributed by atoms with E-state index in [4.69, 9.17) is 21.4 Å². The van der Waals surface area contributed by atoms with Gasteiger partial charge in [-0.25, -0.2) is 0 Å². The number of amides is 1. The molecule has 2 heterocycles. The van der Waals surface area contributed by atoms with Crippen LogP contribution in [0.15, 0.2) is 27.7 Å². The smallest absolute Gasteiger partial charge is 0.305 e. The molecule has 0 saturated carbocycles. The maximum atomic E-state index is 12.4. The number of carbonyl (C=O) groups is 2. The molecule has 0 spiro atoms. The van der Waals surface area contributed by atoms with Crippen LogP contribution in [0, 0.1) is 0 Å². The summed E-state index contributed by atoms with van der Waals surface area (Å²) >= 11 is 6.50. The second-order valence-corrected chi connectivity index (χ2v) is 7.06. The van der Waals surface area contributed by atoms with Crippen LogP contribution >= 0.6 is 24.0 Å². The Morgan fingerprint density at radius 2 is 2.25 bits per heavy atom. The molecular formula is C17H21NO4S2. The van der Waals surface area contributed by atoms with Gasteiger partial charge in [0.25, 0.3) is 5.91 Å². The zero-order chi connectivity index (χ0) is 17.4. The predicted molar refractivity (Wildman–Crippen MR) is 98.3 cm³/mol. The molecule has 0 N–H and O–H groups in total. The fraction of sp³-hybridized carbons (Fsp3) is 0.471. The minimum atomic E-state index is -0.220. The van der Waals surface area contributed by atoms with Crippen molar-refractivity contribution in [2.75, 3.05) is 13.2 Å². The Bertz CT molecular complexity index is 610. The molecule has 5 nitrogen and oxygen atoms in total. The maximum absolute atomic E-state index is 12.4. The molecule has 0 aliphatic carbocycles. The second kappa shape index (κ2) is 9.64. The number of ether oxygens (including phenoxy) is 1. The number of nitrogens with zero attached hydrogens (tertiary/aromatic N) is 1. The van der Waals surface area contributed by atoms with Gasteiger partial charge in [0.1, 0.15) is 10.1 Å². The lowest BCUT2D eigenvalue weighted by Crippen LogP contribution is -2.29. The Kier molecular flexibility index (Phi) is 7.52. The molecule has 1 aromatic rings. The molecule has 1 fully saturated rings. The van der Waals surface area contributed by atoms with Crippen molar-refractivity contribution < 1.29 is 18.7 Å². The van der Waals surface area contributed by atoms with Gasteiger partial charge in [-0.1, -0.05) is 43.7 Å².